The second-order valence-corrected chi connectivity index (χ2v) is 5.38. The Hall–Kier alpha value is -0.530. The van der Waals surface area contributed by atoms with E-state index in [0.717, 1.165) is 18.5 Å². The number of hydrogen-bond donors (Lipinski definition) is 1. The smallest absolute Gasteiger partial charge is 0.242 e. The molecule has 0 amide bonds. The average Bonchev–Trinajstić information content (AvgIpc) is 2.17. The van der Waals surface area contributed by atoms with Crippen LogP contribution in [0.1, 0.15) is 6.92 Å². The maximum atomic E-state index is 12.8. The molecular weight excluding hydrogens is 287 g/mol. The van der Waals surface area contributed by atoms with Gasteiger partial charge in [-0.3, -0.25) is 4.98 Å². The topological polar surface area (TPSA) is 59.1 Å². The van der Waals surface area contributed by atoms with Gasteiger partial charge in [0.15, 0.2) is 0 Å². The first kappa shape index (κ1) is 12.5. The minimum Gasteiger partial charge on any atom is -0.260 e. The molecule has 0 fully saturated rings. The van der Waals surface area contributed by atoms with Crippen LogP contribution in [-0.4, -0.2) is 24.8 Å². The maximum absolute atomic E-state index is 12.8. The Kier molecular flexibility index (Phi) is 4.18. The molecule has 1 atom stereocenters. The third kappa shape index (κ3) is 3.51. The number of alkyl halides is 1. The van der Waals surface area contributed by atoms with Gasteiger partial charge < -0.3 is 0 Å². The Labute approximate surface area is 96.1 Å². The lowest BCUT2D eigenvalue weighted by Gasteiger charge is -2.10. The largest absolute Gasteiger partial charge is 0.260 e. The predicted molar refractivity (Wildman–Crippen MR) is 57.8 cm³/mol. The summed E-state index contributed by atoms with van der Waals surface area (Å²) in [6, 6.07) is 0.661. The van der Waals surface area contributed by atoms with Crippen LogP contribution in [-0.2, 0) is 10.0 Å². The number of nitrogens with zero attached hydrogens (tertiary/aromatic N) is 1. The molecule has 0 saturated carbocycles. The molecule has 1 aromatic rings. The third-order valence-electron chi connectivity index (χ3n) is 1.58. The van der Waals surface area contributed by atoms with Gasteiger partial charge in [0.25, 0.3) is 0 Å². The highest BCUT2D eigenvalue weighted by molar-refractivity contribution is 9.09. The Balaban J connectivity index is 2.96. The maximum Gasteiger partial charge on any atom is 0.242 e. The van der Waals surface area contributed by atoms with E-state index in [-0.39, 0.29) is 10.9 Å². The van der Waals surface area contributed by atoms with Crippen LogP contribution in [0, 0.1) is 5.82 Å². The van der Waals surface area contributed by atoms with Gasteiger partial charge >= 0.3 is 0 Å². The highest BCUT2D eigenvalue weighted by atomic mass is 79.9. The van der Waals surface area contributed by atoms with Gasteiger partial charge in [0.1, 0.15) is 10.7 Å². The Morgan fingerprint density at radius 3 is 2.80 bits per heavy atom. The SMILES string of the molecule is CC(CBr)NS(=O)(=O)c1cncc(F)c1. The Morgan fingerprint density at radius 1 is 1.60 bits per heavy atom. The molecule has 0 aliphatic rings. The van der Waals surface area contributed by atoms with Gasteiger partial charge in [0.2, 0.25) is 10.0 Å². The van der Waals surface area contributed by atoms with Gasteiger partial charge in [-0.2, -0.15) is 0 Å². The van der Waals surface area contributed by atoms with E-state index in [1.807, 2.05) is 0 Å². The van der Waals surface area contributed by atoms with Crippen LogP contribution in [0.3, 0.4) is 0 Å². The van der Waals surface area contributed by atoms with Crippen LogP contribution < -0.4 is 4.72 Å². The van der Waals surface area contributed by atoms with Crippen LogP contribution in [0.2, 0.25) is 0 Å². The van der Waals surface area contributed by atoms with Gasteiger partial charge in [-0.05, 0) is 13.0 Å². The summed E-state index contributed by atoms with van der Waals surface area (Å²) in [7, 11) is -3.68. The normalized spacial score (nSPS) is 13.8. The van der Waals surface area contributed by atoms with Gasteiger partial charge in [-0.1, -0.05) is 15.9 Å². The lowest BCUT2D eigenvalue weighted by molar-refractivity contribution is 0.566. The zero-order valence-electron chi connectivity index (χ0n) is 7.94. The summed E-state index contributed by atoms with van der Waals surface area (Å²) in [4.78, 5) is 3.31. The molecule has 0 spiro atoms. The Morgan fingerprint density at radius 2 is 2.27 bits per heavy atom. The first-order chi connectivity index (χ1) is 6.95. The molecule has 7 heteroatoms. The zero-order valence-corrected chi connectivity index (χ0v) is 10.3. The summed E-state index contributed by atoms with van der Waals surface area (Å²) < 4.78 is 38.4. The van der Waals surface area contributed by atoms with Crippen molar-refractivity contribution in [2.75, 3.05) is 5.33 Å². The summed E-state index contributed by atoms with van der Waals surface area (Å²) in [5.74, 6) is -0.677. The molecular formula is C8H10BrFN2O2S. The predicted octanol–water partition coefficient (Wildman–Crippen LogP) is 1.28. The van der Waals surface area contributed by atoms with Crippen molar-refractivity contribution in [1.29, 1.82) is 0 Å². The van der Waals surface area contributed by atoms with E-state index in [1.54, 1.807) is 6.92 Å². The standard InChI is InChI=1S/C8H10BrFN2O2S/c1-6(3-9)12-15(13,14)8-2-7(10)4-11-5-8/h2,4-6,12H,3H2,1H3. The molecule has 1 N–H and O–H groups in total. The van der Waals surface area contributed by atoms with Gasteiger partial charge in [0.05, 0.1) is 6.20 Å². The van der Waals surface area contributed by atoms with Gasteiger partial charge in [-0.25, -0.2) is 17.5 Å². The van der Waals surface area contributed by atoms with Crippen molar-refractivity contribution in [3.8, 4) is 0 Å². The number of halogens is 2. The van der Waals surface area contributed by atoms with E-state index in [2.05, 4.69) is 25.6 Å². The first-order valence-electron chi connectivity index (χ1n) is 4.14. The lowest BCUT2D eigenvalue weighted by Crippen LogP contribution is -2.33. The van der Waals surface area contributed by atoms with Crippen molar-refractivity contribution < 1.29 is 12.8 Å². The molecule has 0 radical (unpaired) electrons. The Bertz CT molecular complexity index is 438. The zero-order chi connectivity index (χ0) is 11.5. The minimum atomic E-state index is -3.68. The number of rotatable bonds is 4. The number of sulfonamides is 1. The van der Waals surface area contributed by atoms with Crippen LogP contribution in [0.5, 0.6) is 0 Å². The monoisotopic (exact) mass is 296 g/mol. The average molecular weight is 297 g/mol. The summed E-state index contributed by atoms with van der Waals surface area (Å²) in [6.07, 6.45) is 2.05. The second kappa shape index (κ2) is 5.00. The van der Waals surface area contributed by atoms with Gasteiger partial charge in [0, 0.05) is 17.6 Å². The minimum absolute atomic E-state index is 0.171. The first-order valence-corrected chi connectivity index (χ1v) is 6.75. The van der Waals surface area contributed by atoms with Crippen molar-refractivity contribution in [3.63, 3.8) is 0 Å². The molecule has 15 heavy (non-hydrogen) atoms. The summed E-state index contributed by atoms with van der Waals surface area (Å²) in [5.41, 5.74) is 0. The molecule has 0 bridgehead atoms. The van der Waals surface area contributed by atoms with Crippen LogP contribution in [0.25, 0.3) is 0 Å². The van der Waals surface area contributed by atoms with Crippen molar-refractivity contribution >= 4 is 26.0 Å². The van der Waals surface area contributed by atoms with E-state index >= 15 is 0 Å². The quantitative estimate of drug-likeness (QED) is 0.852. The molecule has 1 aromatic heterocycles. The molecule has 0 aliphatic heterocycles. The lowest BCUT2D eigenvalue weighted by atomic mass is 10.4. The molecule has 84 valence electrons. The van der Waals surface area contributed by atoms with Crippen LogP contribution in [0.4, 0.5) is 4.39 Å². The molecule has 0 saturated heterocycles. The molecule has 0 aliphatic carbocycles. The van der Waals surface area contributed by atoms with Crippen molar-refractivity contribution in [3.05, 3.63) is 24.3 Å². The van der Waals surface area contributed by atoms with E-state index in [0.29, 0.717) is 5.33 Å². The molecule has 1 unspecified atom stereocenters. The van der Waals surface area contributed by atoms with Crippen molar-refractivity contribution in [2.24, 2.45) is 0 Å². The number of hydrogen-bond acceptors (Lipinski definition) is 3. The van der Waals surface area contributed by atoms with Crippen LogP contribution in [0.15, 0.2) is 23.4 Å². The van der Waals surface area contributed by atoms with E-state index < -0.39 is 15.8 Å². The van der Waals surface area contributed by atoms with Gasteiger partial charge in [-0.15, -0.1) is 0 Å². The number of nitrogens with one attached hydrogen (secondary N) is 1. The summed E-state index contributed by atoms with van der Waals surface area (Å²) in [5, 5.41) is 0.481. The van der Waals surface area contributed by atoms with E-state index in [9.17, 15) is 12.8 Å². The van der Waals surface area contributed by atoms with E-state index in [4.69, 9.17) is 0 Å². The summed E-state index contributed by atoms with van der Waals surface area (Å²) in [6.45, 7) is 1.69. The highest BCUT2D eigenvalue weighted by Crippen LogP contribution is 2.09. The fraction of sp³-hybridized carbons (Fsp3) is 0.375. The fourth-order valence-electron chi connectivity index (χ4n) is 0.904. The van der Waals surface area contributed by atoms with Crippen molar-refractivity contribution in [2.45, 2.75) is 17.9 Å². The fourth-order valence-corrected chi connectivity index (χ4v) is 2.50. The van der Waals surface area contributed by atoms with E-state index in [1.165, 1.54) is 0 Å². The number of pyridine rings is 1. The molecule has 1 rings (SSSR count). The third-order valence-corrected chi connectivity index (χ3v) is 4.11. The van der Waals surface area contributed by atoms with Crippen LogP contribution >= 0.6 is 15.9 Å². The highest BCUT2D eigenvalue weighted by Gasteiger charge is 2.17. The second-order valence-electron chi connectivity index (χ2n) is 3.02. The molecule has 0 aromatic carbocycles. The molecule has 1 heterocycles. The number of aromatic nitrogens is 1. The molecule has 4 nitrogen and oxygen atoms in total. The van der Waals surface area contributed by atoms with Crippen molar-refractivity contribution in [1.82, 2.24) is 9.71 Å². The summed E-state index contributed by atoms with van der Waals surface area (Å²) >= 11 is 3.14.